The average molecular weight is 285 g/mol. The number of hydrogen-bond acceptors (Lipinski definition) is 6. The number of cyclic esters (lactones) is 1. The molecule has 112 valence electrons. The Morgan fingerprint density at radius 2 is 1.95 bits per heavy atom. The molecule has 2 fully saturated rings. The van der Waals surface area contributed by atoms with Crippen LogP contribution in [0.3, 0.4) is 0 Å². The first-order valence-corrected chi connectivity index (χ1v) is 6.73. The summed E-state index contributed by atoms with van der Waals surface area (Å²) in [6, 6.07) is -0.472. The number of rotatable bonds is 3. The SMILES string of the molecule is CC[C@@H]1C[C@H](OC(C)=O)[C@@H](OC(C)=O)[C@H]2COC(=O)N12. The van der Waals surface area contributed by atoms with Crippen molar-refractivity contribution in [2.75, 3.05) is 6.61 Å². The van der Waals surface area contributed by atoms with E-state index in [4.69, 9.17) is 14.2 Å². The Bertz CT molecular complexity index is 423. The Balaban J connectivity index is 2.25. The second kappa shape index (κ2) is 5.68. The molecular formula is C13H19NO6. The third-order valence-electron chi connectivity index (χ3n) is 3.68. The molecule has 2 heterocycles. The van der Waals surface area contributed by atoms with Crippen LogP contribution in [0.4, 0.5) is 4.79 Å². The van der Waals surface area contributed by atoms with Crippen molar-refractivity contribution in [3.63, 3.8) is 0 Å². The summed E-state index contributed by atoms with van der Waals surface area (Å²) in [6.45, 7) is 4.70. The topological polar surface area (TPSA) is 82.1 Å². The van der Waals surface area contributed by atoms with Crippen LogP contribution in [-0.2, 0) is 23.8 Å². The highest BCUT2D eigenvalue weighted by Gasteiger charge is 2.52. The first kappa shape index (κ1) is 14.6. The van der Waals surface area contributed by atoms with E-state index in [1.807, 2.05) is 6.92 Å². The highest BCUT2D eigenvalue weighted by molar-refractivity contribution is 5.72. The molecule has 2 aliphatic rings. The van der Waals surface area contributed by atoms with Gasteiger partial charge in [0.2, 0.25) is 0 Å². The van der Waals surface area contributed by atoms with E-state index in [-0.39, 0.29) is 12.6 Å². The van der Waals surface area contributed by atoms with Gasteiger partial charge < -0.3 is 14.2 Å². The maximum absolute atomic E-state index is 11.8. The first-order chi connectivity index (χ1) is 9.43. The summed E-state index contributed by atoms with van der Waals surface area (Å²) in [4.78, 5) is 35.9. The quantitative estimate of drug-likeness (QED) is 0.565. The third-order valence-corrected chi connectivity index (χ3v) is 3.68. The van der Waals surface area contributed by atoms with E-state index in [1.165, 1.54) is 13.8 Å². The molecule has 0 aromatic rings. The lowest BCUT2D eigenvalue weighted by molar-refractivity contribution is -0.177. The Morgan fingerprint density at radius 1 is 1.30 bits per heavy atom. The van der Waals surface area contributed by atoms with Gasteiger partial charge in [0.15, 0.2) is 6.10 Å². The van der Waals surface area contributed by atoms with E-state index in [9.17, 15) is 14.4 Å². The molecule has 2 aliphatic heterocycles. The van der Waals surface area contributed by atoms with Crippen LogP contribution in [0.25, 0.3) is 0 Å². The number of esters is 2. The Hall–Kier alpha value is -1.79. The van der Waals surface area contributed by atoms with Crippen LogP contribution >= 0.6 is 0 Å². The Labute approximate surface area is 117 Å². The molecule has 0 aromatic heterocycles. The molecule has 0 radical (unpaired) electrons. The molecule has 0 bridgehead atoms. The number of carbonyl (C=O) groups is 3. The number of ether oxygens (including phenoxy) is 3. The van der Waals surface area contributed by atoms with E-state index < -0.39 is 36.3 Å². The predicted molar refractivity (Wildman–Crippen MR) is 66.8 cm³/mol. The molecular weight excluding hydrogens is 266 g/mol. The largest absolute Gasteiger partial charge is 0.458 e. The third kappa shape index (κ3) is 2.71. The number of piperidine rings is 1. The van der Waals surface area contributed by atoms with Crippen LogP contribution in [0, 0.1) is 0 Å². The van der Waals surface area contributed by atoms with Gasteiger partial charge in [0, 0.05) is 26.3 Å². The zero-order valence-corrected chi connectivity index (χ0v) is 11.8. The molecule has 7 nitrogen and oxygen atoms in total. The number of hydrogen-bond donors (Lipinski definition) is 0. The molecule has 0 aromatic carbocycles. The maximum Gasteiger partial charge on any atom is 0.410 e. The van der Waals surface area contributed by atoms with Crippen LogP contribution in [0.15, 0.2) is 0 Å². The number of fused-ring (bicyclic) bond motifs is 1. The van der Waals surface area contributed by atoms with E-state index >= 15 is 0 Å². The zero-order valence-electron chi connectivity index (χ0n) is 11.8. The first-order valence-electron chi connectivity index (χ1n) is 6.73. The minimum absolute atomic E-state index is 0.0776. The normalized spacial score (nSPS) is 32.4. The molecule has 0 N–H and O–H groups in total. The highest BCUT2D eigenvalue weighted by atomic mass is 16.6. The van der Waals surface area contributed by atoms with Gasteiger partial charge in [0.25, 0.3) is 0 Å². The monoisotopic (exact) mass is 285 g/mol. The molecule has 20 heavy (non-hydrogen) atoms. The highest BCUT2D eigenvalue weighted by Crippen LogP contribution is 2.33. The number of amides is 1. The second-order valence-corrected chi connectivity index (χ2v) is 5.07. The molecule has 0 spiro atoms. The van der Waals surface area contributed by atoms with E-state index in [1.54, 1.807) is 4.90 Å². The maximum atomic E-state index is 11.8. The van der Waals surface area contributed by atoms with Crippen LogP contribution in [0.2, 0.25) is 0 Å². The summed E-state index contributed by atoms with van der Waals surface area (Å²) in [7, 11) is 0. The van der Waals surface area contributed by atoms with Crippen LogP contribution < -0.4 is 0 Å². The minimum Gasteiger partial charge on any atom is -0.458 e. The van der Waals surface area contributed by atoms with Crippen molar-refractivity contribution >= 4 is 18.0 Å². The van der Waals surface area contributed by atoms with Gasteiger partial charge in [-0.3, -0.25) is 14.5 Å². The predicted octanol–water partition coefficient (Wildman–Crippen LogP) is 0.853. The lowest BCUT2D eigenvalue weighted by atomic mass is 9.90. The van der Waals surface area contributed by atoms with Crippen molar-refractivity contribution in [1.82, 2.24) is 4.90 Å². The molecule has 0 saturated carbocycles. The fraction of sp³-hybridized carbons (Fsp3) is 0.769. The lowest BCUT2D eigenvalue weighted by Gasteiger charge is -2.43. The van der Waals surface area contributed by atoms with E-state index in [0.29, 0.717) is 6.42 Å². The van der Waals surface area contributed by atoms with Gasteiger partial charge in [-0.15, -0.1) is 0 Å². The standard InChI is InChI=1S/C13H19NO6/c1-4-9-5-11(19-7(2)15)12(20-8(3)16)10-6-18-13(17)14(9)10/h9-12H,4-6H2,1-3H3/t9-,10-,11+,12+/m1/s1. The zero-order chi connectivity index (χ0) is 14.9. The van der Waals surface area contributed by atoms with E-state index in [0.717, 1.165) is 6.42 Å². The Morgan fingerprint density at radius 3 is 2.50 bits per heavy atom. The summed E-state index contributed by atoms with van der Waals surface area (Å²) >= 11 is 0. The molecule has 0 unspecified atom stereocenters. The van der Waals surface area contributed by atoms with Gasteiger partial charge in [-0.1, -0.05) is 6.92 Å². The van der Waals surface area contributed by atoms with Gasteiger partial charge in [-0.25, -0.2) is 4.79 Å². The van der Waals surface area contributed by atoms with Crippen molar-refractivity contribution in [3.8, 4) is 0 Å². The summed E-state index contributed by atoms with van der Waals surface area (Å²) < 4.78 is 15.6. The summed E-state index contributed by atoms with van der Waals surface area (Å²) in [5, 5.41) is 0. The summed E-state index contributed by atoms with van der Waals surface area (Å²) in [5.41, 5.74) is 0. The van der Waals surface area contributed by atoms with Crippen molar-refractivity contribution < 1.29 is 28.6 Å². The molecule has 0 aliphatic carbocycles. The fourth-order valence-corrected chi connectivity index (χ4v) is 2.92. The van der Waals surface area contributed by atoms with Gasteiger partial charge in [-0.2, -0.15) is 0 Å². The Kier molecular flexibility index (Phi) is 4.15. The molecule has 2 rings (SSSR count). The van der Waals surface area contributed by atoms with Crippen molar-refractivity contribution in [2.24, 2.45) is 0 Å². The van der Waals surface area contributed by atoms with Crippen molar-refractivity contribution in [2.45, 2.75) is 57.9 Å². The van der Waals surface area contributed by atoms with Gasteiger partial charge in [0.05, 0.1) is 0 Å². The van der Waals surface area contributed by atoms with Crippen LogP contribution in [-0.4, -0.2) is 53.8 Å². The summed E-state index contributed by atoms with van der Waals surface area (Å²) in [5.74, 6) is -0.901. The molecule has 2 saturated heterocycles. The fourth-order valence-electron chi connectivity index (χ4n) is 2.92. The van der Waals surface area contributed by atoms with Crippen molar-refractivity contribution in [1.29, 1.82) is 0 Å². The second-order valence-electron chi connectivity index (χ2n) is 5.07. The van der Waals surface area contributed by atoms with Gasteiger partial charge in [0.1, 0.15) is 18.8 Å². The average Bonchev–Trinajstić information content (AvgIpc) is 2.73. The number of carbonyl (C=O) groups excluding carboxylic acids is 3. The van der Waals surface area contributed by atoms with Gasteiger partial charge in [-0.05, 0) is 6.42 Å². The molecule has 7 heteroatoms. The smallest absolute Gasteiger partial charge is 0.410 e. The van der Waals surface area contributed by atoms with Gasteiger partial charge >= 0.3 is 18.0 Å². The summed E-state index contributed by atoms with van der Waals surface area (Å²) in [6.07, 6.45) is -0.460. The van der Waals surface area contributed by atoms with Crippen molar-refractivity contribution in [3.05, 3.63) is 0 Å². The molecule has 1 amide bonds. The minimum atomic E-state index is -0.675. The van der Waals surface area contributed by atoms with Crippen LogP contribution in [0.1, 0.15) is 33.6 Å². The molecule has 4 atom stereocenters. The lowest BCUT2D eigenvalue weighted by Crippen LogP contribution is -2.60. The van der Waals surface area contributed by atoms with E-state index in [2.05, 4.69) is 0 Å². The van der Waals surface area contributed by atoms with Crippen LogP contribution in [0.5, 0.6) is 0 Å². The number of nitrogens with zero attached hydrogens (tertiary/aromatic N) is 1.